The van der Waals surface area contributed by atoms with Crippen molar-refractivity contribution in [2.75, 3.05) is 0 Å². The lowest BCUT2D eigenvalue weighted by atomic mass is 9.96. The topological polar surface area (TPSA) is 51.0 Å². The fourth-order valence-electron chi connectivity index (χ4n) is 2.54. The monoisotopic (exact) mass is 361 g/mol. The van der Waals surface area contributed by atoms with Gasteiger partial charge < -0.3 is 9.84 Å². The second kappa shape index (κ2) is 5.36. The van der Waals surface area contributed by atoms with Gasteiger partial charge in [-0.15, -0.1) is 11.3 Å². The van der Waals surface area contributed by atoms with E-state index in [1.807, 2.05) is 11.4 Å². The molecule has 4 nitrogen and oxygen atoms in total. The Morgan fingerprint density at radius 1 is 1.29 bits per heavy atom. The average Bonchev–Trinajstić information content (AvgIpc) is 3.15. The molecule has 0 bridgehead atoms. The summed E-state index contributed by atoms with van der Waals surface area (Å²) in [6, 6.07) is 10.6. The molecule has 0 spiro atoms. The van der Waals surface area contributed by atoms with Gasteiger partial charge in [0.05, 0.1) is 10.9 Å². The molecular formula is C15H12BrN3OS. The van der Waals surface area contributed by atoms with Gasteiger partial charge in [0, 0.05) is 16.4 Å². The number of halogens is 1. The number of rotatable bonds is 2. The molecule has 1 unspecified atom stereocenters. The molecule has 3 aromatic rings. The lowest BCUT2D eigenvalue weighted by molar-refractivity contribution is 0.321. The molecule has 1 aliphatic heterocycles. The van der Waals surface area contributed by atoms with E-state index in [1.165, 1.54) is 11.1 Å². The molecule has 0 saturated carbocycles. The Morgan fingerprint density at radius 3 is 2.95 bits per heavy atom. The van der Waals surface area contributed by atoms with Crippen LogP contribution in [0.1, 0.15) is 23.1 Å². The van der Waals surface area contributed by atoms with Crippen LogP contribution in [0.4, 0.5) is 0 Å². The number of benzene rings is 1. The third-order valence-corrected chi connectivity index (χ3v) is 5.30. The number of hydrogen-bond donors (Lipinski definition) is 1. The van der Waals surface area contributed by atoms with E-state index >= 15 is 0 Å². The van der Waals surface area contributed by atoms with Gasteiger partial charge in [0.25, 0.3) is 0 Å². The first kappa shape index (κ1) is 13.2. The lowest BCUT2D eigenvalue weighted by Crippen LogP contribution is -2.28. The van der Waals surface area contributed by atoms with Crippen molar-refractivity contribution in [3.63, 3.8) is 0 Å². The number of fused-ring (bicyclic) bond motifs is 1. The molecule has 0 saturated heterocycles. The minimum atomic E-state index is 0.0875. The van der Waals surface area contributed by atoms with E-state index < -0.39 is 0 Å². The molecule has 0 amide bonds. The van der Waals surface area contributed by atoms with Gasteiger partial charge in [0.15, 0.2) is 0 Å². The molecule has 0 aliphatic carbocycles. The summed E-state index contributed by atoms with van der Waals surface area (Å²) in [4.78, 5) is 5.55. The molecular weight excluding hydrogens is 350 g/mol. The maximum atomic E-state index is 5.45. The van der Waals surface area contributed by atoms with E-state index in [0.717, 1.165) is 22.3 Å². The normalized spacial score (nSPS) is 17.7. The minimum absolute atomic E-state index is 0.0875. The number of aromatic nitrogens is 2. The molecule has 0 fully saturated rings. The largest absolute Gasteiger partial charge is 0.337 e. The third kappa shape index (κ3) is 2.54. The predicted octanol–water partition coefficient (Wildman–Crippen LogP) is 3.95. The molecule has 4 rings (SSSR count). The van der Waals surface area contributed by atoms with E-state index in [-0.39, 0.29) is 6.04 Å². The summed E-state index contributed by atoms with van der Waals surface area (Å²) in [5.74, 6) is 1.31. The predicted molar refractivity (Wildman–Crippen MR) is 85.0 cm³/mol. The number of thiophene rings is 1. The summed E-state index contributed by atoms with van der Waals surface area (Å²) in [5, 5.41) is 9.57. The van der Waals surface area contributed by atoms with E-state index in [9.17, 15) is 0 Å². The van der Waals surface area contributed by atoms with Crippen molar-refractivity contribution >= 4 is 27.3 Å². The van der Waals surface area contributed by atoms with E-state index in [1.54, 1.807) is 11.3 Å². The lowest BCUT2D eigenvalue weighted by Gasteiger charge is -2.23. The van der Waals surface area contributed by atoms with E-state index in [2.05, 4.69) is 55.7 Å². The van der Waals surface area contributed by atoms with Crippen LogP contribution in [0, 0.1) is 0 Å². The second-order valence-corrected chi connectivity index (χ2v) is 6.82. The Balaban J connectivity index is 1.60. The van der Waals surface area contributed by atoms with Crippen LogP contribution in [0.3, 0.4) is 0 Å². The first-order valence-electron chi connectivity index (χ1n) is 6.68. The van der Waals surface area contributed by atoms with Gasteiger partial charge in [-0.2, -0.15) is 4.98 Å². The second-order valence-electron chi connectivity index (χ2n) is 4.99. The number of hydrogen-bond acceptors (Lipinski definition) is 5. The van der Waals surface area contributed by atoms with Gasteiger partial charge in [0.1, 0.15) is 0 Å². The van der Waals surface area contributed by atoms with Crippen LogP contribution in [0.25, 0.3) is 10.7 Å². The summed E-state index contributed by atoms with van der Waals surface area (Å²) < 4.78 is 6.49. The number of nitrogens with one attached hydrogen (secondary N) is 1. The fourth-order valence-corrected chi connectivity index (χ4v) is 3.89. The average molecular weight is 362 g/mol. The highest BCUT2D eigenvalue weighted by molar-refractivity contribution is 9.10. The van der Waals surface area contributed by atoms with Crippen molar-refractivity contribution in [1.82, 2.24) is 15.5 Å². The first-order valence-corrected chi connectivity index (χ1v) is 8.35. The van der Waals surface area contributed by atoms with Crippen LogP contribution in [0.5, 0.6) is 0 Å². The van der Waals surface area contributed by atoms with Crippen molar-refractivity contribution in [3.8, 4) is 10.7 Å². The van der Waals surface area contributed by atoms with Gasteiger partial charge in [-0.25, -0.2) is 0 Å². The highest BCUT2D eigenvalue weighted by Gasteiger charge is 2.24. The third-order valence-electron chi connectivity index (χ3n) is 3.61. The zero-order chi connectivity index (χ0) is 14.2. The highest BCUT2D eigenvalue weighted by atomic mass is 79.9. The Labute approximate surface area is 134 Å². The minimum Gasteiger partial charge on any atom is -0.337 e. The van der Waals surface area contributed by atoms with Crippen LogP contribution in [0.15, 0.2) is 44.7 Å². The van der Waals surface area contributed by atoms with Gasteiger partial charge in [-0.1, -0.05) is 29.4 Å². The van der Waals surface area contributed by atoms with Gasteiger partial charge >= 0.3 is 0 Å². The van der Waals surface area contributed by atoms with E-state index in [0.29, 0.717) is 11.7 Å². The summed E-state index contributed by atoms with van der Waals surface area (Å²) in [6.07, 6.45) is 0.881. The van der Waals surface area contributed by atoms with Crippen molar-refractivity contribution in [3.05, 3.63) is 57.2 Å². The maximum Gasteiger partial charge on any atom is 0.244 e. The van der Waals surface area contributed by atoms with Gasteiger partial charge in [-0.05, 0) is 39.5 Å². The van der Waals surface area contributed by atoms with Crippen LogP contribution >= 0.6 is 27.3 Å². The standard InChI is InChI=1S/C15H12BrN3OS/c16-11-6-13(21-8-11)14-18-15(20-19-14)12-5-9-3-1-2-4-10(9)7-17-12/h1-4,6,8,12,17H,5,7H2. The summed E-state index contributed by atoms with van der Waals surface area (Å²) in [5.41, 5.74) is 2.69. The zero-order valence-corrected chi connectivity index (χ0v) is 13.4. The molecule has 0 radical (unpaired) electrons. The van der Waals surface area contributed by atoms with Crippen molar-refractivity contribution in [2.24, 2.45) is 0 Å². The molecule has 3 heterocycles. The SMILES string of the molecule is Brc1csc(-c2noc(C3Cc4ccccc4CN3)n2)c1. The highest BCUT2D eigenvalue weighted by Crippen LogP contribution is 2.30. The van der Waals surface area contributed by atoms with Crippen LogP contribution in [-0.2, 0) is 13.0 Å². The Bertz CT molecular complexity index is 783. The zero-order valence-electron chi connectivity index (χ0n) is 11.0. The van der Waals surface area contributed by atoms with E-state index in [4.69, 9.17) is 4.52 Å². The smallest absolute Gasteiger partial charge is 0.244 e. The van der Waals surface area contributed by atoms with Crippen molar-refractivity contribution in [2.45, 2.75) is 19.0 Å². The quantitative estimate of drug-likeness (QED) is 0.750. The van der Waals surface area contributed by atoms with Crippen molar-refractivity contribution in [1.29, 1.82) is 0 Å². The molecule has 1 aromatic carbocycles. The summed E-state index contributed by atoms with van der Waals surface area (Å²) in [7, 11) is 0. The molecule has 2 aromatic heterocycles. The summed E-state index contributed by atoms with van der Waals surface area (Å²) >= 11 is 5.04. The maximum absolute atomic E-state index is 5.45. The number of nitrogens with zero attached hydrogens (tertiary/aromatic N) is 2. The Morgan fingerprint density at radius 2 is 2.14 bits per heavy atom. The molecule has 1 N–H and O–H groups in total. The van der Waals surface area contributed by atoms with Crippen LogP contribution in [-0.4, -0.2) is 10.1 Å². The molecule has 6 heteroatoms. The molecule has 106 valence electrons. The van der Waals surface area contributed by atoms with Crippen LogP contribution < -0.4 is 5.32 Å². The molecule has 1 atom stereocenters. The van der Waals surface area contributed by atoms with Gasteiger partial charge in [0.2, 0.25) is 11.7 Å². The van der Waals surface area contributed by atoms with Gasteiger partial charge in [-0.3, -0.25) is 0 Å². The Kier molecular flexibility index (Phi) is 3.37. The molecule has 1 aliphatic rings. The first-order chi connectivity index (χ1) is 10.3. The van der Waals surface area contributed by atoms with Crippen LogP contribution in [0.2, 0.25) is 0 Å². The van der Waals surface area contributed by atoms with Crippen molar-refractivity contribution < 1.29 is 4.52 Å². The molecule has 21 heavy (non-hydrogen) atoms. The Hall–Kier alpha value is -1.50. The summed E-state index contributed by atoms with van der Waals surface area (Å²) in [6.45, 7) is 0.836. The fraction of sp³-hybridized carbons (Fsp3) is 0.200.